The molecule has 4 atom stereocenters. The minimum absolute atomic E-state index is 0.179. The predicted octanol–water partition coefficient (Wildman–Crippen LogP) is 2.93. The van der Waals surface area contributed by atoms with Crippen molar-refractivity contribution in [2.75, 3.05) is 11.9 Å². The number of thiophene rings is 1. The van der Waals surface area contributed by atoms with Gasteiger partial charge in [0.2, 0.25) is 5.78 Å². The summed E-state index contributed by atoms with van der Waals surface area (Å²) < 4.78 is 27.0. The van der Waals surface area contributed by atoms with Crippen LogP contribution in [-0.4, -0.2) is 53.1 Å². The summed E-state index contributed by atoms with van der Waals surface area (Å²) in [5.41, 5.74) is 1.08. The van der Waals surface area contributed by atoms with E-state index in [2.05, 4.69) is 19.5 Å². The quantitative estimate of drug-likeness (QED) is 0.282. The van der Waals surface area contributed by atoms with E-state index in [1.165, 1.54) is 18.6 Å². The van der Waals surface area contributed by atoms with Crippen LogP contribution in [0.2, 0.25) is 9.36 Å². The van der Waals surface area contributed by atoms with Gasteiger partial charge in [0, 0.05) is 28.7 Å². The number of hydrogen-bond acceptors (Lipinski definition) is 10. The van der Waals surface area contributed by atoms with E-state index in [0.29, 0.717) is 22.6 Å². The number of nitrogens with one attached hydrogen (secondary N) is 1. The lowest BCUT2D eigenvalue weighted by Gasteiger charge is -2.15. The van der Waals surface area contributed by atoms with Gasteiger partial charge in [0.1, 0.15) is 18.2 Å². The molecule has 1 aromatic carbocycles. The Kier molecular flexibility index (Phi) is 8.27. The molecule has 1 aliphatic rings. The van der Waals surface area contributed by atoms with Gasteiger partial charge in [0.25, 0.3) is 0 Å². The Bertz CT molecular complexity index is 1370. The average Bonchev–Trinajstić information content (AvgIpc) is 3.38. The Labute approximate surface area is 221 Å². The predicted molar refractivity (Wildman–Crippen MR) is 136 cm³/mol. The number of halogens is 2. The molecule has 0 bridgehead atoms. The second-order valence-electron chi connectivity index (χ2n) is 8.33. The summed E-state index contributed by atoms with van der Waals surface area (Å²) in [6.07, 6.45) is 1.41. The molecule has 0 radical (unpaired) electrons. The molecule has 0 amide bonds. The summed E-state index contributed by atoms with van der Waals surface area (Å²) in [6, 6.07) is 7.94. The number of anilines is 1. The van der Waals surface area contributed by atoms with E-state index < -0.39 is 34.2 Å². The maximum atomic E-state index is 13.3. The van der Waals surface area contributed by atoms with Crippen molar-refractivity contribution in [3.63, 3.8) is 0 Å². The molecule has 0 aliphatic heterocycles. The summed E-state index contributed by atoms with van der Waals surface area (Å²) in [6.45, 7) is -0.251. The second kappa shape index (κ2) is 11.1. The van der Waals surface area contributed by atoms with Crippen LogP contribution in [0.4, 0.5) is 5.82 Å². The molecule has 10 nitrogen and oxygen atoms in total. The normalized spacial score (nSPS) is 20.9. The van der Waals surface area contributed by atoms with Crippen molar-refractivity contribution in [3.05, 3.63) is 73.8 Å². The van der Waals surface area contributed by atoms with Crippen LogP contribution >= 0.6 is 34.5 Å². The van der Waals surface area contributed by atoms with Crippen molar-refractivity contribution < 1.29 is 27.6 Å². The van der Waals surface area contributed by atoms with Gasteiger partial charge >= 0.3 is 10.3 Å². The van der Waals surface area contributed by atoms with E-state index in [9.17, 15) is 23.4 Å². The molecule has 3 aromatic rings. The summed E-state index contributed by atoms with van der Waals surface area (Å²) in [7, 11) is -4.12. The molecule has 1 aliphatic carbocycles. The van der Waals surface area contributed by atoms with Gasteiger partial charge in [0.05, 0.1) is 27.5 Å². The van der Waals surface area contributed by atoms with Gasteiger partial charge in [-0.05, 0) is 36.6 Å². The molecule has 5 N–H and O–H groups in total. The second-order valence-corrected chi connectivity index (χ2v) is 11.6. The number of nitrogens with zero attached hydrogens (tertiary/aromatic N) is 2. The van der Waals surface area contributed by atoms with Gasteiger partial charge in [-0.3, -0.25) is 8.98 Å². The SMILES string of the molecule is NS(=O)(=O)OC[C@H]1C[C@@H](Nc2ncncc2C(=O)c2cc(C(O)c3cccc(Cl)c3)c(Cl)s2)C[C@@H]1O. The first kappa shape index (κ1) is 26.9. The van der Waals surface area contributed by atoms with Gasteiger partial charge in [-0.25, -0.2) is 15.1 Å². The monoisotopic (exact) mass is 572 g/mol. The van der Waals surface area contributed by atoms with Crippen LogP contribution in [0.5, 0.6) is 0 Å². The highest BCUT2D eigenvalue weighted by Gasteiger charge is 2.35. The number of aromatic nitrogens is 2. The lowest BCUT2D eigenvalue weighted by atomic mass is 10.0. The number of aliphatic hydroxyl groups excluding tert-OH is 2. The Hall–Kier alpha value is -2.16. The van der Waals surface area contributed by atoms with E-state index in [1.807, 2.05) is 0 Å². The number of ketones is 1. The van der Waals surface area contributed by atoms with E-state index in [0.717, 1.165) is 11.3 Å². The summed E-state index contributed by atoms with van der Waals surface area (Å²) in [5, 5.41) is 29.5. The van der Waals surface area contributed by atoms with Gasteiger partial charge in [-0.2, -0.15) is 8.42 Å². The van der Waals surface area contributed by atoms with Gasteiger partial charge in [0.15, 0.2) is 0 Å². The molecular formula is C22H22Cl2N4O6S2. The Morgan fingerprint density at radius 2 is 2.08 bits per heavy atom. The lowest BCUT2D eigenvalue weighted by molar-refractivity contribution is 0.101. The Morgan fingerprint density at radius 3 is 2.81 bits per heavy atom. The minimum Gasteiger partial charge on any atom is -0.393 e. The van der Waals surface area contributed by atoms with Crippen LogP contribution in [0.25, 0.3) is 0 Å². The van der Waals surface area contributed by atoms with Crippen molar-refractivity contribution in [1.82, 2.24) is 9.97 Å². The fraction of sp³-hybridized carbons (Fsp3) is 0.318. The first-order valence-corrected chi connectivity index (χ1v) is 13.8. The standard InChI is InChI=1S/C22H22Cl2N4O6S2/c23-13-3-1-2-11(4-13)19(30)15-7-18(35-21(15)24)20(31)16-8-26-10-27-22(16)28-14-5-12(17(29)6-14)9-34-36(25,32)33/h1-4,7-8,10,12,14,17,19,29-30H,5-6,9H2,(H2,25,32,33)(H,26,27,28)/t12-,14-,17+,19?/m1/s1. The molecule has 0 spiro atoms. The summed E-state index contributed by atoms with van der Waals surface area (Å²) in [4.78, 5) is 21.8. The molecule has 1 fully saturated rings. The summed E-state index contributed by atoms with van der Waals surface area (Å²) >= 11 is 13.4. The van der Waals surface area contributed by atoms with Crippen LogP contribution in [0.15, 0.2) is 42.9 Å². The van der Waals surface area contributed by atoms with E-state index >= 15 is 0 Å². The number of carbonyl (C=O) groups excluding carboxylic acids is 1. The fourth-order valence-electron chi connectivity index (χ4n) is 4.06. The lowest BCUT2D eigenvalue weighted by Crippen LogP contribution is -2.24. The van der Waals surface area contributed by atoms with Gasteiger partial charge < -0.3 is 15.5 Å². The van der Waals surface area contributed by atoms with E-state index in [4.69, 9.17) is 28.3 Å². The van der Waals surface area contributed by atoms with Gasteiger partial charge in [-0.1, -0.05) is 35.3 Å². The topological polar surface area (TPSA) is 165 Å². The fourth-order valence-corrected chi connectivity index (χ4v) is 5.90. The van der Waals surface area contributed by atoms with Crippen molar-refractivity contribution >= 4 is 56.4 Å². The maximum Gasteiger partial charge on any atom is 0.333 e. The number of carbonyl (C=O) groups is 1. The third-order valence-electron chi connectivity index (χ3n) is 5.80. The molecule has 1 saturated carbocycles. The minimum atomic E-state index is -4.12. The Morgan fingerprint density at radius 1 is 1.31 bits per heavy atom. The molecule has 14 heteroatoms. The maximum absolute atomic E-state index is 13.3. The van der Waals surface area contributed by atoms with Crippen molar-refractivity contribution in [3.8, 4) is 0 Å². The molecular weight excluding hydrogens is 551 g/mol. The van der Waals surface area contributed by atoms with Crippen LogP contribution in [0.3, 0.4) is 0 Å². The molecule has 1 unspecified atom stereocenters. The number of aliphatic hydroxyl groups is 2. The van der Waals surface area contributed by atoms with Crippen molar-refractivity contribution in [2.45, 2.75) is 31.1 Å². The molecule has 2 aromatic heterocycles. The van der Waals surface area contributed by atoms with Crippen LogP contribution < -0.4 is 10.5 Å². The zero-order valence-electron chi connectivity index (χ0n) is 18.5. The number of nitrogens with two attached hydrogens (primary N) is 1. The molecule has 192 valence electrons. The highest BCUT2D eigenvalue weighted by Crippen LogP contribution is 2.37. The highest BCUT2D eigenvalue weighted by atomic mass is 35.5. The highest BCUT2D eigenvalue weighted by molar-refractivity contribution is 7.84. The number of benzene rings is 1. The van der Waals surface area contributed by atoms with Crippen LogP contribution in [0, 0.1) is 5.92 Å². The average molecular weight is 573 g/mol. The largest absolute Gasteiger partial charge is 0.393 e. The first-order valence-electron chi connectivity index (χ1n) is 10.7. The molecule has 36 heavy (non-hydrogen) atoms. The third-order valence-corrected chi connectivity index (χ3v) is 7.88. The van der Waals surface area contributed by atoms with Gasteiger partial charge in [-0.15, -0.1) is 11.3 Å². The molecule has 4 rings (SSSR count). The number of rotatable bonds is 9. The Balaban J connectivity index is 1.51. The smallest absolute Gasteiger partial charge is 0.333 e. The first-order chi connectivity index (χ1) is 17.0. The van der Waals surface area contributed by atoms with E-state index in [-0.39, 0.29) is 39.7 Å². The van der Waals surface area contributed by atoms with E-state index in [1.54, 1.807) is 24.3 Å². The van der Waals surface area contributed by atoms with Crippen molar-refractivity contribution in [1.29, 1.82) is 0 Å². The van der Waals surface area contributed by atoms with Crippen LogP contribution in [-0.2, 0) is 14.5 Å². The van der Waals surface area contributed by atoms with Crippen LogP contribution in [0.1, 0.15) is 45.3 Å². The number of hydrogen-bond donors (Lipinski definition) is 4. The molecule has 2 heterocycles. The van der Waals surface area contributed by atoms with Crippen molar-refractivity contribution in [2.24, 2.45) is 11.1 Å². The zero-order valence-corrected chi connectivity index (χ0v) is 21.7. The molecule has 0 saturated heterocycles. The zero-order chi connectivity index (χ0) is 26.0. The summed E-state index contributed by atoms with van der Waals surface area (Å²) in [5.74, 6) is -0.614. The third kappa shape index (κ3) is 6.39.